The van der Waals surface area contributed by atoms with Gasteiger partial charge in [0.05, 0.1) is 23.2 Å². The zero-order valence-electron chi connectivity index (χ0n) is 15.3. The van der Waals surface area contributed by atoms with Crippen LogP contribution in [0.5, 0.6) is 0 Å². The topological polar surface area (TPSA) is 124 Å². The standard InChI is InChI=1S/C18H19N5O4S/c1-12(24)20-14-3-6-16(7-4-14)28(26,27)23(2)11-18(25)21-15-5-8-17-13(9-15)10-19-22-17/h3-10H,11H2,1-2H3,(H,19,22)(H,20,24)(H,21,25). The minimum Gasteiger partial charge on any atom is -0.326 e. The summed E-state index contributed by atoms with van der Waals surface area (Å²) in [6.45, 7) is 1.01. The summed E-state index contributed by atoms with van der Waals surface area (Å²) < 4.78 is 26.2. The summed E-state index contributed by atoms with van der Waals surface area (Å²) >= 11 is 0. The van der Waals surface area contributed by atoms with Gasteiger partial charge in [0.1, 0.15) is 0 Å². The second-order valence-corrected chi connectivity index (χ2v) is 8.23. The minimum absolute atomic E-state index is 0.0247. The smallest absolute Gasteiger partial charge is 0.243 e. The van der Waals surface area contributed by atoms with E-state index in [1.807, 2.05) is 0 Å². The molecule has 0 unspecified atom stereocenters. The van der Waals surface area contributed by atoms with Gasteiger partial charge >= 0.3 is 0 Å². The van der Waals surface area contributed by atoms with E-state index in [-0.39, 0.29) is 17.3 Å². The molecule has 3 rings (SSSR count). The molecule has 1 aromatic heterocycles. The third-order valence-corrected chi connectivity index (χ3v) is 5.79. The Balaban J connectivity index is 1.67. The average Bonchev–Trinajstić information content (AvgIpc) is 3.09. The molecule has 9 nitrogen and oxygen atoms in total. The van der Waals surface area contributed by atoms with E-state index in [0.29, 0.717) is 11.4 Å². The summed E-state index contributed by atoms with van der Waals surface area (Å²) in [6.07, 6.45) is 1.63. The zero-order chi connectivity index (χ0) is 20.3. The molecular weight excluding hydrogens is 382 g/mol. The molecule has 28 heavy (non-hydrogen) atoms. The summed E-state index contributed by atoms with van der Waals surface area (Å²) in [7, 11) is -2.52. The zero-order valence-corrected chi connectivity index (χ0v) is 16.1. The van der Waals surface area contributed by atoms with E-state index in [0.717, 1.165) is 15.2 Å². The Bertz CT molecular complexity index is 1120. The molecule has 0 bridgehead atoms. The lowest BCUT2D eigenvalue weighted by molar-refractivity contribution is -0.116. The number of likely N-dealkylation sites (N-methyl/N-ethyl adjacent to an activating group) is 1. The number of rotatable bonds is 6. The number of nitrogens with one attached hydrogen (secondary N) is 3. The first kappa shape index (κ1) is 19.5. The predicted octanol–water partition coefficient (Wildman–Crippen LogP) is 1.78. The number of sulfonamides is 1. The van der Waals surface area contributed by atoms with E-state index in [1.165, 1.54) is 38.2 Å². The van der Waals surface area contributed by atoms with Crippen molar-refractivity contribution in [1.29, 1.82) is 0 Å². The van der Waals surface area contributed by atoms with Crippen molar-refractivity contribution in [1.82, 2.24) is 14.5 Å². The van der Waals surface area contributed by atoms with Crippen LogP contribution in [-0.2, 0) is 19.6 Å². The molecule has 146 valence electrons. The van der Waals surface area contributed by atoms with Gasteiger partial charge in [0.25, 0.3) is 0 Å². The normalized spacial score (nSPS) is 11.5. The van der Waals surface area contributed by atoms with Gasteiger partial charge in [0, 0.05) is 30.7 Å². The number of amides is 2. The number of aromatic nitrogens is 2. The summed E-state index contributed by atoms with van der Waals surface area (Å²) in [6, 6.07) is 10.9. The highest BCUT2D eigenvalue weighted by Gasteiger charge is 2.23. The summed E-state index contributed by atoms with van der Waals surface area (Å²) in [4.78, 5) is 23.3. The van der Waals surface area contributed by atoms with Crippen molar-refractivity contribution < 1.29 is 18.0 Å². The van der Waals surface area contributed by atoms with E-state index in [2.05, 4.69) is 20.8 Å². The molecule has 0 saturated heterocycles. The number of aromatic amines is 1. The molecule has 1 heterocycles. The summed E-state index contributed by atoms with van der Waals surface area (Å²) in [5, 5.41) is 12.8. The van der Waals surface area contributed by atoms with Crippen LogP contribution in [0.4, 0.5) is 11.4 Å². The first-order chi connectivity index (χ1) is 13.3. The molecule has 0 radical (unpaired) electrons. The van der Waals surface area contributed by atoms with Crippen molar-refractivity contribution in [2.45, 2.75) is 11.8 Å². The van der Waals surface area contributed by atoms with Crippen LogP contribution in [0.1, 0.15) is 6.92 Å². The second-order valence-electron chi connectivity index (χ2n) is 6.19. The highest BCUT2D eigenvalue weighted by atomic mass is 32.2. The van der Waals surface area contributed by atoms with Crippen LogP contribution in [0.3, 0.4) is 0 Å². The highest BCUT2D eigenvalue weighted by Crippen LogP contribution is 2.19. The van der Waals surface area contributed by atoms with Gasteiger partial charge in [-0.15, -0.1) is 0 Å². The molecular formula is C18H19N5O4S. The molecule has 0 atom stereocenters. The van der Waals surface area contributed by atoms with E-state index in [4.69, 9.17) is 0 Å². The minimum atomic E-state index is -3.85. The number of fused-ring (bicyclic) bond motifs is 1. The number of anilines is 2. The maximum Gasteiger partial charge on any atom is 0.243 e. The van der Waals surface area contributed by atoms with Gasteiger partial charge < -0.3 is 10.6 Å². The monoisotopic (exact) mass is 401 g/mol. The fourth-order valence-electron chi connectivity index (χ4n) is 2.60. The molecule has 0 aliphatic heterocycles. The highest BCUT2D eigenvalue weighted by molar-refractivity contribution is 7.89. The number of hydrogen-bond donors (Lipinski definition) is 3. The van der Waals surface area contributed by atoms with Crippen LogP contribution in [0.15, 0.2) is 53.6 Å². The molecule has 10 heteroatoms. The molecule has 0 spiro atoms. The number of carbonyl (C=O) groups is 2. The molecule has 0 aliphatic carbocycles. The van der Waals surface area contributed by atoms with Crippen molar-refractivity contribution in [3.8, 4) is 0 Å². The number of benzene rings is 2. The molecule has 3 aromatic rings. The predicted molar refractivity (Wildman–Crippen MR) is 105 cm³/mol. The Morgan fingerprint density at radius 1 is 1.07 bits per heavy atom. The fraction of sp³-hybridized carbons (Fsp3) is 0.167. The van der Waals surface area contributed by atoms with Crippen molar-refractivity contribution >= 4 is 44.1 Å². The van der Waals surface area contributed by atoms with Crippen LogP contribution in [0, 0.1) is 0 Å². The van der Waals surface area contributed by atoms with E-state index in [9.17, 15) is 18.0 Å². The van der Waals surface area contributed by atoms with Crippen LogP contribution >= 0.6 is 0 Å². The molecule has 3 N–H and O–H groups in total. The second kappa shape index (κ2) is 7.79. The van der Waals surface area contributed by atoms with Gasteiger partial charge in [0.15, 0.2) is 0 Å². The van der Waals surface area contributed by atoms with Gasteiger partial charge in [-0.3, -0.25) is 14.7 Å². The van der Waals surface area contributed by atoms with Crippen LogP contribution in [0.2, 0.25) is 0 Å². The lowest BCUT2D eigenvalue weighted by Gasteiger charge is -2.17. The maximum atomic E-state index is 12.6. The number of carbonyl (C=O) groups excluding carboxylic acids is 2. The van der Waals surface area contributed by atoms with E-state index in [1.54, 1.807) is 24.4 Å². The van der Waals surface area contributed by atoms with Crippen molar-refractivity contribution in [3.63, 3.8) is 0 Å². The van der Waals surface area contributed by atoms with Crippen molar-refractivity contribution in [3.05, 3.63) is 48.7 Å². The number of H-pyrrole nitrogens is 1. The Hall–Kier alpha value is -3.24. The Morgan fingerprint density at radius 3 is 2.43 bits per heavy atom. The summed E-state index contributed by atoms with van der Waals surface area (Å²) in [5.41, 5.74) is 1.87. The lowest BCUT2D eigenvalue weighted by Crippen LogP contribution is -2.34. The quantitative estimate of drug-likeness (QED) is 0.581. The maximum absolute atomic E-state index is 12.6. The Labute approximate surface area is 161 Å². The van der Waals surface area contributed by atoms with Crippen LogP contribution < -0.4 is 10.6 Å². The molecule has 0 aliphatic rings. The van der Waals surface area contributed by atoms with E-state index < -0.39 is 15.9 Å². The van der Waals surface area contributed by atoms with Crippen LogP contribution in [-0.4, -0.2) is 48.3 Å². The fourth-order valence-corrected chi connectivity index (χ4v) is 3.73. The van der Waals surface area contributed by atoms with E-state index >= 15 is 0 Å². The Kier molecular flexibility index (Phi) is 5.43. The average molecular weight is 401 g/mol. The van der Waals surface area contributed by atoms with Gasteiger partial charge in [-0.25, -0.2) is 8.42 Å². The van der Waals surface area contributed by atoms with Gasteiger partial charge in [0.2, 0.25) is 21.8 Å². The molecule has 2 amide bonds. The van der Waals surface area contributed by atoms with Crippen LogP contribution in [0.25, 0.3) is 10.9 Å². The summed E-state index contributed by atoms with van der Waals surface area (Å²) in [5.74, 6) is -0.721. The molecule has 0 fully saturated rings. The van der Waals surface area contributed by atoms with Crippen molar-refractivity contribution in [2.24, 2.45) is 0 Å². The SMILES string of the molecule is CC(=O)Nc1ccc(S(=O)(=O)N(C)CC(=O)Nc2ccc3[nH]ncc3c2)cc1. The first-order valence-electron chi connectivity index (χ1n) is 8.33. The largest absolute Gasteiger partial charge is 0.326 e. The first-order valence-corrected chi connectivity index (χ1v) is 9.77. The Morgan fingerprint density at radius 2 is 1.75 bits per heavy atom. The van der Waals surface area contributed by atoms with Gasteiger partial charge in [-0.05, 0) is 42.5 Å². The van der Waals surface area contributed by atoms with Crippen molar-refractivity contribution in [2.75, 3.05) is 24.2 Å². The molecule has 2 aromatic carbocycles. The molecule has 0 saturated carbocycles. The third kappa shape index (κ3) is 4.35. The number of nitrogens with zero attached hydrogens (tertiary/aromatic N) is 2. The number of hydrogen-bond acceptors (Lipinski definition) is 5. The van der Waals surface area contributed by atoms with Gasteiger partial charge in [-0.1, -0.05) is 0 Å². The van der Waals surface area contributed by atoms with Gasteiger partial charge in [-0.2, -0.15) is 9.40 Å². The third-order valence-electron chi connectivity index (χ3n) is 3.97. The lowest BCUT2D eigenvalue weighted by atomic mass is 10.2.